The third-order valence-electron chi connectivity index (χ3n) is 5.22. The maximum absolute atomic E-state index is 5.78. The molecule has 0 aliphatic carbocycles. The SMILES string of the molecule is CCCCCCOc1ccc(/C=N/Nc2nnc3c4ccccc4n(CC)c3n2)cc1. The Morgan fingerprint density at radius 2 is 1.84 bits per heavy atom. The maximum atomic E-state index is 5.78. The number of unbranched alkanes of at least 4 members (excludes halogenated alkanes) is 3. The van der Waals surface area contributed by atoms with Crippen molar-refractivity contribution in [1.29, 1.82) is 0 Å². The molecule has 2 aromatic heterocycles. The van der Waals surface area contributed by atoms with Crippen molar-refractivity contribution in [3.8, 4) is 5.75 Å². The van der Waals surface area contributed by atoms with E-state index in [1.54, 1.807) is 6.21 Å². The molecule has 2 aromatic carbocycles. The van der Waals surface area contributed by atoms with Gasteiger partial charge >= 0.3 is 0 Å². The van der Waals surface area contributed by atoms with Crippen LogP contribution in [0, 0.1) is 0 Å². The average molecular weight is 417 g/mol. The fraction of sp³-hybridized carbons (Fsp3) is 0.333. The number of ether oxygens (including phenoxy) is 1. The highest BCUT2D eigenvalue weighted by Crippen LogP contribution is 2.26. The number of anilines is 1. The Bertz CT molecular complexity index is 1170. The summed E-state index contributed by atoms with van der Waals surface area (Å²) in [5, 5.41) is 13.9. The van der Waals surface area contributed by atoms with Crippen molar-refractivity contribution in [2.75, 3.05) is 12.0 Å². The van der Waals surface area contributed by atoms with Gasteiger partial charge in [-0.15, -0.1) is 10.2 Å². The smallest absolute Gasteiger partial charge is 0.265 e. The van der Waals surface area contributed by atoms with Crippen molar-refractivity contribution in [2.45, 2.75) is 46.1 Å². The van der Waals surface area contributed by atoms with Crippen molar-refractivity contribution in [3.63, 3.8) is 0 Å². The lowest BCUT2D eigenvalue weighted by molar-refractivity contribution is 0.305. The number of rotatable bonds is 10. The lowest BCUT2D eigenvalue weighted by Crippen LogP contribution is -2.02. The quantitative estimate of drug-likeness (QED) is 0.213. The number of nitrogens with one attached hydrogen (secondary N) is 1. The van der Waals surface area contributed by atoms with E-state index in [9.17, 15) is 0 Å². The van der Waals surface area contributed by atoms with Crippen LogP contribution in [-0.2, 0) is 6.54 Å². The Kier molecular flexibility index (Phi) is 6.72. The molecule has 0 saturated carbocycles. The van der Waals surface area contributed by atoms with E-state index in [2.05, 4.69) is 50.2 Å². The normalized spacial score (nSPS) is 11.5. The minimum atomic E-state index is 0.369. The van der Waals surface area contributed by atoms with E-state index >= 15 is 0 Å². The van der Waals surface area contributed by atoms with E-state index in [1.165, 1.54) is 19.3 Å². The van der Waals surface area contributed by atoms with Crippen molar-refractivity contribution >= 4 is 34.2 Å². The second-order valence-electron chi connectivity index (χ2n) is 7.42. The number of benzene rings is 2. The number of para-hydroxylation sites is 1. The molecule has 0 atom stereocenters. The molecule has 0 aliphatic rings. The summed E-state index contributed by atoms with van der Waals surface area (Å²) in [6, 6.07) is 16.0. The Labute approximate surface area is 182 Å². The zero-order valence-electron chi connectivity index (χ0n) is 18.1. The molecule has 160 valence electrons. The van der Waals surface area contributed by atoms with Crippen LogP contribution in [0.1, 0.15) is 45.1 Å². The standard InChI is InChI=1S/C24H28N6O/c1-3-5-6-9-16-31-19-14-12-18(13-15-19)17-25-28-24-26-23-22(27-29-24)20-10-7-8-11-21(20)30(23)4-2/h7-8,10-15,17H,3-6,9,16H2,1-2H3,(H,26,28,29)/b25-17+. The van der Waals surface area contributed by atoms with Gasteiger partial charge in [0.05, 0.1) is 18.3 Å². The molecule has 0 radical (unpaired) electrons. The Morgan fingerprint density at radius 1 is 1.00 bits per heavy atom. The van der Waals surface area contributed by atoms with Gasteiger partial charge in [-0.2, -0.15) is 10.1 Å². The van der Waals surface area contributed by atoms with Gasteiger partial charge in [-0.1, -0.05) is 44.4 Å². The maximum Gasteiger partial charge on any atom is 0.265 e. The monoisotopic (exact) mass is 416 g/mol. The van der Waals surface area contributed by atoms with Crippen LogP contribution in [0.4, 0.5) is 5.95 Å². The highest BCUT2D eigenvalue weighted by Gasteiger charge is 2.13. The lowest BCUT2D eigenvalue weighted by Gasteiger charge is -2.06. The third-order valence-corrected chi connectivity index (χ3v) is 5.22. The molecule has 0 saturated heterocycles. The first kappa shape index (κ1) is 20.8. The number of fused-ring (bicyclic) bond motifs is 3. The minimum Gasteiger partial charge on any atom is -0.494 e. The van der Waals surface area contributed by atoms with Crippen LogP contribution in [0.25, 0.3) is 22.1 Å². The van der Waals surface area contributed by atoms with E-state index in [1.807, 2.05) is 42.5 Å². The predicted molar refractivity (Wildman–Crippen MR) is 126 cm³/mol. The molecule has 2 heterocycles. The highest BCUT2D eigenvalue weighted by atomic mass is 16.5. The zero-order valence-corrected chi connectivity index (χ0v) is 18.1. The van der Waals surface area contributed by atoms with Gasteiger partial charge in [0.25, 0.3) is 5.95 Å². The molecule has 0 spiro atoms. The largest absolute Gasteiger partial charge is 0.494 e. The van der Waals surface area contributed by atoms with Crippen LogP contribution in [0.5, 0.6) is 5.75 Å². The van der Waals surface area contributed by atoms with Gasteiger partial charge in [0.1, 0.15) is 11.3 Å². The second kappa shape index (κ2) is 10.0. The summed E-state index contributed by atoms with van der Waals surface area (Å²) in [6.07, 6.45) is 6.54. The molecule has 0 amide bonds. The van der Waals surface area contributed by atoms with Crippen LogP contribution >= 0.6 is 0 Å². The van der Waals surface area contributed by atoms with Crippen LogP contribution in [0.15, 0.2) is 53.6 Å². The summed E-state index contributed by atoms with van der Waals surface area (Å²) in [6.45, 7) is 5.87. The fourth-order valence-electron chi connectivity index (χ4n) is 3.60. The number of nitrogens with zero attached hydrogens (tertiary/aromatic N) is 5. The molecule has 31 heavy (non-hydrogen) atoms. The molecule has 0 fully saturated rings. The average Bonchev–Trinajstić information content (AvgIpc) is 3.13. The first-order chi connectivity index (χ1) is 15.3. The molecular formula is C24H28N6O. The summed E-state index contributed by atoms with van der Waals surface area (Å²) < 4.78 is 7.91. The van der Waals surface area contributed by atoms with Crippen LogP contribution in [-0.4, -0.2) is 32.6 Å². The molecule has 0 bridgehead atoms. The van der Waals surface area contributed by atoms with Gasteiger partial charge < -0.3 is 9.30 Å². The summed E-state index contributed by atoms with van der Waals surface area (Å²) >= 11 is 0. The molecular weight excluding hydrogens is 388 g/mol. The number of aromatic nitrogens is 4. The summed E-state index contributed by atoms with van der Waals surface area (Å²) in [4.78, 5) is 4.63. The highest BCUT2D eigenvalue weighted by molar-refractivity contribution is 6.04. The summed E-state index contributed by atoms with van der Waals surface area (Å²) in [5.74, 6) is 1.25. The van der Waals surface area contributed by atoms with Crippen molar-refractivity contribution in [1.82, 2.24) is 19.7 Å². The molecule has 0 unspecified atom stereocenters. The predicted octanol–water partition coefficient (Wildman–Crippen LogP) is 5.40. The summed E-state index contributed by atoms with van der Waals surface area (Å²) in [7, 11) is 0. The first-order valence-electron chi connectivity index (χ1n) is 10.9. The van der Waals surface area contributed by atoms with E-state index in [4.69, 9.17) is 4.74 Å². The topological polar surface area (TPSA) is 77.2 Å². The van der Waals surface area contributed by atoms with Crippen molar-refractivity contribution in [2.24, 2.45) is 5.10 Å². The number of hydrogen-bond acceptors (Lipinski definition) is 6. The van der Waals surface area contributed by atoms with E-state index in [0.29, 0.717) is 5.95 Å². The van der Waals surface area contributed by atoms with Gasteiger partial charge in [0.15, 0.2) is 5.65 Å². The summed E-state index contributed by atoms with van der Waals surface area (Å²) in [5.41, 5.74) is 6.56. The van der Waals surface area contributed by atoms with Crippen LogP contribution < -0.4 is 10.2 Å². The molecule has 7 nitrogen and oxygen atoms in total. The number of aryl methyl sites for hydroxylation is 1. The van der Waals surface area contributed by atoms with Gasteiger partial charge in [-0.05, 0) is 49.2 Å². The van der Waals surface area contributed by atoms with Gasteiger partial charge in [-0.3, -0.25) is 0 Å². The Hall–Kier alpha value is -3.48. The van der Waals surface area contributed by atoms with Crippen molar-refractivity contribution < 1.29 is 4.74 Å². The molecule has 4 aromatic rings. The molecule has 7 heteroatoms. The third kappa shape index (κ3) is 4.82. The van der Waals surface area contributed by atoms with E-state index < -0.39 is 0 Å². The van der Waals surface area contributed by atoms with Gasteiger partial charge in [0, 0.05) is 11.9 Å². The second-order valence-corrected chi connectivity index (χ2v) is 7.42. The Balaban J connectivity index is 1.40. The number of hydrazone groups is 1. The first-order valence-corrected chi connectivity index (χ1v) is 10.9. The number of hydrogen-bond donors (Lipinski definition) is 1. The van der Waals surface area contributed by atoms with Crippen LogP contribution in [0.3, 0.4) is 0 Å². The fourth-order valence-corrected chi connectivity index (χ4v) is 3.60. The Morgan fingerprint density at radius 3 is 2.65 bits per heavy atom. The van der Waals surface area contributed by atoms with Crippen molar-refractivity contribution in [3.05, 3.63) is 54.1 Å². The molecule has 1 N–H and O–H groups in total. The molecule has 4 rings (SSSR count). The van der Waals surface area contributed by atoms with Gasteiger partial charge in [-0.25, -0.2) is 5.43 Å². The van der Waals surface area contributed by atoms with E-state index in [-0.39, 0.29) is 0 Å². The van der Waals surface area contributed by atoms with Crippen LogP contribution in [0.2, 0.25) is 0 Å². The zero-order chi connectivity index (χ0) is 21.5. The van der Waals surface area contributed by atoms with E-state index in [0.717, 1.165) is 53.0 Å². The minimum absolute atomic E-state index is 0.369. The molecule has 0 aliphatic heterocycles. The lowest BCUT2D eigenvalue weighted by atomic mass is 10.2. The van der Waals surface area contributed by atoms with Gasteiger partial charge in [0.2, 0.25) is 0 Å².